The van der Waals surface area contributed by atoms with E-state index in [-0.39, 0.29) is 11.3 Å². The van der Waals surface area contributed by atoms with Crippen molar-refractivity contribution in [1.29, 1.82) is 0 Å². The van der Waals surface area contributed by atoms with Crippen molar-refractivity contribution in [2.24, 2.45) is 28.7 Å². The Morgan fingerprint density at radius 2 is 2.15 bits per heavy atom. The molecule has 4 unspecified atom stereocenters. The first-order valence-electron chi connectivity index (χ1n) is 8.24. The number of primary amides is 1. The van der Waals surface area contributed by atoms with E-state index in [9.17, 15) is 4.79 Å². The zero-order chi connectivity index (χ0) is 14.8. The van der Waals surface area contributed by atoms with Crippen LogP contribution in [-0.2, 0) is 4.79 Å². The molecule has 2 rings (SSSR count). The number of nitrogens with two attached hydrogens (primary N) is 2. The molecule has 2 aliphatic rings. The molecule has 2 fully saturated rings. The molecule has 4 heteroatoms. The van der Waals surface area contributed by atoms with Crippen LogP contribution in [0.15, 0.2) is 0 Å². The lowest BCUT2D eigenvalue weighted by molar-refractivity contribution is -0.126. The first kappa shape index (κ1) is 15.8. The summed E-state index contributed by atoms with van der Waals surface area (Å²) in [5, 5.41) is 0. The van der Waals surface area contributed by atoms with E-state index in [2.05, 4.69) is 11.8 Å². The lowest BCUT2D eigenvalue weighted by Crippen LogP contribution is -2.47. The van der Waals surface area contributed by atoms with Crippen LogP contribution < -0.4 is 11.5 Å². The van der Waals surface area contributed by atoms with Crippen molar-refractivity contribution < 1.29 is 4.79 Å². The van der Waals surface area contributed by atoms with Gasteiger partial charge in [0.05, 0.1) is 5.41 Å². The average molecular weight is 281 g/mol. The first-order chi connectivity index (χ1) is 9.50. The topological polar surface area (TPSA) is 72.3 Å². The van der Waals surface area contributed by atoms with Crippen molar-refractivity contribution in [3.05, 3.63) is 0 Å². The monoisotopic (exact) mass is 281 g/mol. The number of rotatable bonds is 5. The van der Waals surface area contributed by atoms with Crippen LogP contribution in [-0.4, -0.2) is 36.5 Å². The highest BCUT2D eigenvalue weighted by Crippen LogP contribution is 2.39. The Labute approximate surface area is 123 Å². The van der Waals surface area contributed by atoms with E-state index in [1.807, 2.05) is 6.92 Å². The van der Waals surface area contributed by atoms with Crippen molar-refractivity contribution in [2.45, 2.75) is 58.4 Å². The molecule has 1 amide bonds. The Kier molecular flexibility index (Phi) is 5.08. The van der Waals surface area contributed by atoms with E-state index in [1.54, 1.807) is 0 Å². The lowest BCUT2D eigenvalue weighted by Gasteiger charge is -2.41. The maximum Gasteiger partial charge on any atom is 0.224 e. The Hall–Kier alpha value is -0.610. The molecule has 1 saturated carbocycles. The van der Waals surface area contributed by atoms with Crippen LogP contribution in [0.3, 0.4) is 0 Å². The number of hydrogen-bond donors (Lipinski definition) is 2. The van der Waals surface area contributed by atoms with Crippen molar-refractivity contribution in [3.8, 4) is 0 Å². The van der Waals surface area contributed by atoms with Gasteiger partial charge in [-0.3, -0.25) is 9.69 Å². The Morgan fingerprint density at radius 3 is 2.70 bits per heavy atom. The highest BCUT2D eigenvalue weighted by atomic mass is 16.1. The van der Waals surface area contributed by atoms with E-state index >= 15 is 0 Å². The molecule has 116 valence electrons. The van der Waals surface area contributed by atoms with Gasteiger partial charge in [-0.2, -0.15) is 0 Å². The van der Waals surface area contributed by atoms with Gasteiger partial charge in [-0.1, -0.05) is 26.2 Å². The van der Waals surface area contributed by atoms with Gasteiger partial charge < -0.3 is 11.5 Å². The minimum atomic E-state index is -0.336. The van der Waals surface area contributed by atoms with Gasteiger partial charge in [0.1, 0.15) is 0 Å². The number of amides is 1. The molecule has 4 nitrogen and oxygen atoms in total. The van der Waals surface area contributed by atoms with E-state index < -0.39 is 0 Å². The summed E-state index contributed by atoms with van der Waals surface area (Å²) in [5.41, 5.74) is 11.2. The van der Waals surface area contributed by atoms with Gasteiger partial charge in [-0.25, -0.2) is 0 Å². The predicted molar refractivity (Wildman–Crippen MR) is 82.1 cm³/mol. The first-order valence-corrected chi connectivity index (χ1v) is 8.24. The average Bonchev–Trinajstić information content (AvgIpc) is 2.83. The lowest BCUT2D eigenvalue weighted by atomic mass is 9.76. The van der Waals surface area contributed by atoms with Crippen LogP contribution in [0.4, 0.5) is 0 Å². The third-order valence-corrected chi connectivity index (χ3v) is 5.63. The summed E-state index contributed by atoms with van der Waals surface area (Å²) in [5.74, 6) is 1.29. The van der Waals surface area contributed by atoms with Crippen molar-refractivity contribution >= 4 is 5.91 Å². The number of carbonyl (C=O) groups excluding carboxylic acids is 1. The second-order valence-corrected chi connectivity index (χ2v) is 7.18. The zero-order valence-corrected chi connectivity index (χ0v) is 13.1. The molecule has 1 saturated heterocycles. The summed E-state index contributed by atoms with van der Waals surface area (Å²) < 4.78 is 0. The van der Waals surface area contributed by atoms with Gasteiger partial charge >= 0.3 is 0 Å². The van der Waals surface area contributed by atoms with E-state index in [0.29, 0.717) is 12.0 Å². The molecule has 0 aromatic heterocycles. The smallest absolute Gasteiger partial charge is 0.224 e. The van der Waals surface area contributed by atoms with Gasteiger partial charge in [0.15, 0.2) is 0 Å². The molecule has 0 radical (unpaired) electrons. The van der Waals surface area contributed by atoms with Crippen LogP contribution in [0.1, 0.15) is 52.4 Å². The van der Waals surface area contributed by atoms with Crippen LogP contribution in [0.25, 0.3) is 0 Å². The highest BCUT2D eigenvalue weighted by Gasteiger charge is 2.43. The van der Waals surface area contributed by atoms with Crippen LogP contribution in [0.5, 0.6) is 0 Å². The van der Waals surface area contributed by atoms with Crippen LogP contribution in [0.2, 0.25) is 0 Å². The summed E-state index contributed by atoms with van der Waals surface area (Å²) >= 11 is 0. The van der Waals surface area contributed by atoms with Gasteiger partial charge in [0.25, 0.3) is 0 Å². The van der Waals surface area contributed by atoms with Gasteiger partial charge in [0.2, 0.25) is 5.91 Å². The third kappa shape index (κ3) is 3.17. The SMILES string of the molecule is CCCC1CCC(CN)C(N2CCC(C)(C(N)=O)C2)C1. The van der Waals surface area contributed by atoms with Crippen molar-refractivity contribution in [2.75, 3.05) is 19.6 Å². The number of carbonyl (C=O) groups is 1. The normalized spacial score (nSPS) is 39.0. The van der Waals surface area contributed by atoms with Gasteiger partial charge in [-0.15, -0.1) is 0 Å². The quantitative estimate of drug-likeness (QED) is 0.806. The third-order valence-electron chi connectivity index (χ3n) is 5.63. The van der Waals surface area contributed by atoms with E-state index in [0.717, 1.165) is 32.0 Å². The molecule has 1 aliphatic carbocycles. The number of likely N-dealkylation sites (tertiary alicyclic amines) is 1. The molecular weight excluding hydrogens is 250 g/mol. The molecule has 0 bridgehead atoms. The summed E-state index contributed by atoms with van der Waals surface area (Å²) in [6, 6.07) is 0.562. The molecular formula is C16H31N3O. The fourth-order valence-electron chi connectivity index (χ4n) is 4.17. The van der Waals surface area contributed by atoms with Crippen LogP contribution in [0, 0.1) is 17.3 Å². The Morgan fingerprint density at radius 1 is 1.40 bits per heavy atom. The number of hydrogen-bond acceptors (Lipinski definition) is 3. The fourth-order valence-corrected chi connectivity index (χ4v) is 4.17. The standard InChI is InChI=1S/C16H31N3O/c1-3-4-12-5-6-13(10-17)14(9-12)19-8-7-16(2,11-19)15(18)20/h12-14H,3-11,17H2,1-2H3,(H2,18,20). The van der Waals surface area contributed by atoms with E-state index in [1.165, 1.54) is 32.1 Å². The van der Waals surface area contributed by atoms with Gasteiger partial charge in [0, 0.05) is 12.6 Å². The molecule has 0 aromatic rings. The second-order valence-electron chi connectivity index (χ2n) is 7.18. The molecule has 0 spiro atoms. The summed E-state index contributed by atoms with van der Waals surface area (Å²) in [6.45, 7) is 6.87. The molecule has 0 aromatic carbocycles. The zero-order valence-electron chi connectivity index (χ0n) is 13.1. The summed E-state index contributed by atoms with van der Waals surface area (Å²) in [6.07, 6.45) is 7.32. The second kappa shape index (κ2) is 6.44. The maximum absolute atomic E-state index is 11.6. The van der Waals surface area contributed by atoms with E-state index in [4.69, 9.17) is 11.5 Å². The van der Waals surface area contributed by atoms with Gasteiger partial charge in [-0.05, 0) is 51.1 Å². The van der Waals surface area contributed by atoms with Crippen molar-refractivity contribution in [1.82, 2.24) is 4.90 Å². The van der Waals surface area contributed by atoms with Crippen molar-refractivity contribution in [3.63, 3.8) is 0 Å². The molecule has 1 heterocycles. The maximum atomic E-state index is 11.6. The molecule has 4 N–H and O–H groups in total. The molecule has 4 atom stereocenters. The molecule has 1 aliphatic heterocycles. The number of nitrogens with zero attached hydrogens (tertiary/aromatic N) is 1. The minimum Gasteiger partial charge on any atom is -0.369 e. The summed E-state index contributed by atoms with van der Waals surface area (Å²) in [4.78, 5) is 14.1. The Bertz CT molecular complexity index is 347. The highest BCUT2D eigenvalue weighted by molar-refractivity contribution is 5.81. The summed E-state index contributed by atoms with van der Waals surface area (Å²) in [7, 11) is 0. The predicted octanol–water partition coefficient (Wildman–Crippen LogP) is 1.73. The Balaban J connectivity index is 2.03. The minimum absolute atomic E-state index is 0.148. The largest absolute Gasteiger partial charge is 0.369 e. The van der Waals surface area contributed by atoms with Crippen LogP contribution >= 0.6 is 0 Å². The molecule has 20 heavy (non-hydrogen) atoms. The fraction of sp³-hybridized carbons (Fsp3) is 0.938.